The fourth-order valence-electron chi connectivity index (χ4n) is 4.42. The molecule has 4 heterocycles. The Balaban J connectivity index is 1.71. The first kappa shape index (κ1) is 20.8. The van der Waals surface area contributed by atoms with E-state index >= 15 is 0 Å². The molecule has 1 fully saturated rings. The average Bonchev–Trinajstić information content (AvgIpc) is 3.52. The smallest absolute Gasteiger partial charge is 0.296 e. The first-order valence-corrected chi connectivity index (χ1v) is 10.8. The summed E-state index contributed by atoms with van der Waals surface area (Å²) < 4.78 is 7.17. The Bertz CT molecular complexity index is 1380. The van der Waals surface area contributed by atoms with Gasteiger partial charge in [-0.25, -0.2) is 4.98 Å². The summed E-state index contributed by atoms with van der Waals surface area (Å²) in [6, 6.07) is 16.0. The number of aliphatic hydroxyl groups excluding tert-OH is 1. The van der Waals surface area contributed by atoms with Crippen LogP contribution < -0.4 is 0 Å². The molecule has 0 bridgehead atoms. The second kappa shape index (κ2) is 8.09. The number of ketones is 1. The largest absolute Gasteiger partial charge is 0.505 e. The summed E-state index contributed by atoms with van der Waals surface area (Å²) in [4.78, 5) is 32.3. The molecule has 1 N–H and O–H groups in total. The van der Waals surface area contributed by atoms with E-state index in [4.69, 9.17) is 4.42 Å². The summed E-state index contributed by atoms with van der Waals surface area (Å²) >= 11 is 0. The van der Waals surface area contributed by atoms with E-state index in [2.05, 4.69) is 11.9 Å². The molecule has 7 nitrogen and oxygen atoms in total. The number of pyridine rings is 1. The van der Waals surface area contributed by atoms with Gasteiger partial charge in [0, 0.05) is 6.20 Å². The van der Waals surface area contributed by atoms with E-state index in [9.17, 15) is 14.7 Å². The standard InChI is InChI=1S/C26H23N3O4/c1-3-17-9-11-18(12-10-17)23-21(25(31)26(32)29(23)15-19-7-6-14-33-19)24(30)22-16(2)27-20-8-4-5-13-28(20)22/h4-14,23,30H,3,15H2,1-2H3. The fraction of sp³-hybridized carbons (Fsp3) is 0.192. The molecular weight excluding hydrogens is 418 g/mol. The predicted octanol–water partition coefficient (Wildman–Crippen LogP) is 4.42. The van der Waals surface area contributed by atoms with Crippen LogP contribution in [0.25, 0.3) is 11.4 Å². The van der Waals surface area contributed by atoms with Gasteiger partial charge < -0.3 is 14.4 Å². The lowest BCUT2D eigenvalue weighted by Crippen LogP contribution is -2.29. The molecular formula is C26H23N3O4. The quantitative estimate of drug-likeness (QED) is 0.281. The van der Waals surface area contributed by atoms with Crippen LogP contribution in [0.4, 0.5) is 0 Å². The van der Waals surface area contributed by atoms with Crippen LogP contribution in [0.1, 0.15) is 41.2 Å². The minimum Gasteiger partial charge on any atom is -0.505 e. The zero-order valence-corrected chi connectivity index (χ0v) is 18.4. The number of amides is 1. The van der Waals surface area contributed by atoms with Gasteiger partial charge in [0.1, 0.15) is 17.1 Å². The highest BCUT2D eigenvalue weighted by atomic mass is 16.3. The number of aryl methyl sites for hydroxylation is 2. The van der Waals surface area contributed by atoms with Crippen LogP contribution in [0.2, 0.25) is 0 Å². The Morgan fingerprint density at radius 2 is 1.88 bits per heavy atom. The van der Waals surface area contributed by atoms with Crippen molar-refractivity contribution in [3.05, 3.63) is 101 Å². The van der Waals surface area contributed by atoms with Crippen LogP contribution in [0, 0.1) is 6.92 Å². The van der Waals surface area contributed by atoms with Crippen molar-refractivity contribution in [2.75, 3.05) is 0 Å². The number of benzene rings is 1. The number of hydrogen-bond acceptors (Lipinski definition) is 5. The molecule has 33 heavy (non-hydrogen) atoms. The summed E-state index contributed by atoms with van der Waals surface area (Å²) in [7, 11) is 0. The van der Waals surface area contributed by atoms with E-state index in [1.165, 1.54) is 11.2 Å². The maximum Gasteiger partial charge on any atom is 0.296 e. The Morgan fingerprint density at radius 1 is 1.09 bits per heavy atom. The monoisotopic (exact) mass is 441 g/mol. The highest BCUT2D eigenvalue weighted by molar-refractivity contribution is 6.46. The van der Waals surface area contributed by atoms with Crippen LogP contribution in [0.15, 0.2) is 77.0 Å². The number of carbonyl (C=O) groups is 2. The molecule has 1 atom stereocenters. The lowest BCUT2D eigenvalue weighted by atomic mass is 9.95. The third kappa shape index (κ3) is 3.42. The van der Waals surface area contributed by atoms with Crippen LogP contribution in [0.3, 0.4) is 0 Å². The highest BCUT2D eigenvalue weighted by Crippen LogP contribution is 2.41. The first-order chi connectivity index (χ1) is 16.0. The number of furan rings is 1. The molecule has 1 aliphatic heterocycles. The number of aromatic nitrogens is 2. The van der Waals surface area contributed by atoms with Gasteiger partial charge in [0.2, 0.25) is 0 Å². The molecule has 1 aliphatic rings. The molecule has 0 spiro atoms. The van der Waals surface area contributed by atoms with Crippen molar-refractivity contribution >= 4 is 23.1 Å². The van der Waals surface area contributed by atoms with Crippen molar-refractivity contribution in [3.8, 4) is 0 Å². The lowest BCUT2D eigenvalue weighted by molar-refractivity contribution is -0.140. The van der Waals surface area contributed by atoms with Gasteiger partial charge >= 0.3 is 0 Å². The summed E-state index contributed by atoms with van der Waals surface area (Å²) in [5.74, 6) is -1.09. The van der Waals surface area contributed by atoms with Crippen molar-refractivity contribution in [1.29, 1.82) is 0 Å². The minimum absolute atomic E-state index is 0.0459. The molecule has 4 aromatic rings. The Hall–Kier alpha value is -4.13. The molecule has 1 saturated heterocycles. The van der Waals surface area contributed by atoms with Gasteiger partial charge in [-0.05, 0) is 48.7 Å². The molecule has 3 aromatic heterocycles. The van der Waals surface area contributed by atoms with E-state index in [1.807, 2.05) is 42.5 Å². The van der Waals surface area contributed by atoms with Gasteiger partial charge in [0.15, 0.2) is 5.76 Å². The first-order valence-electron chi connectivity index (χ1n) is 10.8. The zero-order valence-electron chi connectivity index (χ0n) is 18.4. The van der Waals surface area contributed by atoms with Crippen LogP contribution in [-0.2, 0) is 22.6 Å². The van der Waals surface area contributed by atoms with Gasteiger partial charge in [0.25, 0.3) is 11.7 Å². The number of likely N-dealkylation sites (tertiary alicyclic amines) is 1. The molecule has 1 aromatic carbocycles. The second-order valence-electron chi connectivity index (χ2n) is 8.08. The number of imidazole rings is 1. The third-order valence-corrected chi connectivity index (χ3v) is 6.08. The zero-order chi connectivity index (χ0) is 23.1. The predicted molar refractivity (Wildman–Crippen MR) is 122 cm³/mol. The van der Waals surface area contributed by atoms with E-state index in [0.717, 1.165) is 17.5 Å². The van der Waals surface area contributed by atoms with E-state index in [0.29, 0.717) is 22.8 Å². The number of carbonyl (C=O) groups excluding carboxylic acids is 2. The maximum absolute atomic E-state index is 13.3. The van der Waals surface area contributed by atoms with Crippen molar-refractivity contribution < 1.29 is 19.1 Å². The molecule has 7 heteroatoms. The number of nitrogens with zero attached hydrogens (tertiary/aromatic N) is 3. The van der Waals surface area contributed by atoms with Crippen molar-refractivity contribution in [1.82, 2.24) is 14.3 Å². The van der Waals surface area contributed by atoms with Gasteiger partial charge in [-0.2, -0.15) is 0 Å². The molecule has 1 unspecified atom stereocenters. The number of aliphatic hydroxyl groups is 1. The van der Waals surface area contributed by atoms with Gasteiger partial charge in [0.05, 0.1) is 30.1 Å². The Labute approximate surface area is 190 Å². The minimum atomic E-state index is -0.755. The molecule has 0 radical (unpaired) electrons. The number of rotatable bonds is 5. The average molecular weight is 441 g/mol. The number of Topliss-reactive ketones (excluding diaryl/α,β-unsaturated/α-hetero) is 1. The lowest BCUT2D eigenvalue weighted by Gasteiger charge is -2.24. The van der Waals surface area contributed by atoms with Crippen molar-refractivity contribution in [2.24, 2.45) is 0 Å². The maximum atomic E-state index is 13.3. The number of hydrogen-bond donors (Lipinski definition) is 1. The Kier molecular flexibility index (Phi) is 5.09. The molecule has 1 amide bonds. The summed E-state index contributed by atoms with van der Waals surface area (Å²) in [6.45, 7) is 3.94. The van der Waals surface area contributed by atoms with Crippen LogP contribution in [-0.4, -0.2) is 31.1 Å². The summed E-state index contributed by atoms with van der Waals surface area (Å²) in [5.41, 5.74) is 3.54. The van der Waals surface area contributed by atoms with E-state index < -0.39 is 17.7 Å². The van der Waals surface area contributed by atoms with E-state index in [-0.39, 0.29) is 17.9 Å². The normalized spacial score (nSPS) is 17.9. The summed E-state index contributed by atoms with van der Waals surface area (Å²) in [5, 5.41) is 11.4. The highest BCUT2D eigenvalue weighted by Gasteiger charge is 2.46. The van der Waals surface area contributed by atoms with Crippen molar-refractivity contribution in [2.45, 2.75) is 32.9 Å². The van der Waals surface area contributed by atoms with Gasteiger partial charge in [-0.15, -0.1) is 0 Å². The van der Waals surface area contributed by atoms with E-state index in [1.54, 1.807) is 29.7 Å². The topological polar surface area (TPSA) is 88.0 Å². The second-order valence-corrected chi connectivity index (χ2v) is 8.08. The SMILES string of the molecule is CCc1ccc(C2C(=C(O)c3c(C)nc4ccccn34)C(=O)C(=O)N2Cc2ccco2)cc1. The van der Waals surface area contributed by atoms with Crippen LogP contribution in [0.5, 0.6) is 0 Å². The van der Waals surface area contributed by atoms with Crippen LogP contribution >= 0.6 is 0 Å². The fourth-order valence-corrected chi connectivity index (χ4v) is 4.42. The van der Waals surface area contributed by atoms with Gasteiger partial charge in [-0.1, -0.05) is 37.3 Å². The third-order valence-electron chi connectivity index (χ3n) is 6.08. The molecule has 0 aliphatic carbocycles. The molecule has 166 valence electrons. The summed E-state index contributed by atoms with van der Waals surface area (Å²) in [6.07, 6.45) is 4.17. The Morgan fingerprint density at radius 3 is 2.58 bits per heavy atom. The number of fused-ring (bicyclic) bond motifs is 1. The van der Waals surface area contributed by atoms with Crippen molar-refractivity contribution in [3.63, 3.8) is 0 Å². The molecule has 5 rings (SSSR count). The molecule has 0 saturated carbocycles. The van der Waals surface area contributed by atoms with Gasteiger partial charge in [-0.3, -0.25) is 14.0 Å².